The summed E-state index contributed by atoms with van der Waals surface area (Å²) in [4.78, 5) is 10.7. The second kappa shape index (κ2) is 9.22. The molecule has 0 fully saturated rings. The molecule has 0 saturated heterocycles. The maximum atomic E-state index is 5.46. The molecule has 2 aliphatic rings. The zero-order chi connectivity index (χ0) is 30.5. The van der Waals surface area contributed by atoms with E-state index in [0.717, 1.165) is 16.4 Å². The SMILES string of the molecule is C=C1/N=c2/cc3cc4cc5c(C(C)(C)C)ccc(C(C)(C)C)c5cc4cc3c/c2=N/C2c3ccccc3C1c1ccccc12. The Labute approximate surface area is 259 Å². The van der Waals surface area contributed by atoms with E-state index >= 15 is 0 Å². The van der Waals surface area contributed by atoms with Crippen LogP contribution < -0.4 is 10.7 Å². The topological polar surface area (TPSA) is 24.7 Å². The lowest BCUT2D eigenvalue weighted by Gasteiger charge is -2.31. The van der Waals surface area contributed by atoms with Crippen molar-refractivity contribution in [2.24, 2.45) is 9.98 Å². The maximum absolute atomic E-state index is 5.46. The van der Waals surface area contributed by atoms with E-state index < -0.39 is 0 Å². The van der Waals surface area contributed by atoms with Crippen LogP contribution in [0.3, 0.4) is 0 Å². The van der Waals surface area contributed by atoms with E-state index in [4.69, 9.17) is 9.98 Å². The van der Waals surface area contributed by atoms with Gasteiger partial charge in [-0.05, 0) is 113 Å². The molecule has 44 heavy (non-hydrogen) atoms. The number of nitrogens with zero attached hydrogens (tertiary/aromatic N) is 2. The quantitative estimate of drug-likeness (QED) is 0.162. The van der Waals surface area contributed by atoms with Crippen LogP contribution in [-0.4, -0.2) is 0 Å². The third kappa shape index (κ3) is 4.08. The summed E-state index contributed by atoms with van der Waals surface area (Å²) in [6.45, 7) is 18.4. The highest BCUT2D eigenvalue weighted by Gasteiger charge is 2.34. The summed E-state index contributed by atoms with van der Waals surface area (Å²) in [6.07, 6.45) is 0. The molecule has 1 aliphatic carbocycles. The zero-order valence-corrected chi connectivity index (χ0v) is 26.5. The van der Waals surface area contributed by atoms with Crippen molar-refractivity contribution in [2.45, 2.75) is 64.3 Å². The minimum atomic E-state index is -0.0782. The molecular formula is C42H38N2. The largest absolute Gasteiger partial charge is 0.270 e. The molecule has 2 heteroatoms. The molecule has 0 aromatic heterocycles. The Morgan fingerprint density at radius 2 is 0.955 bits per heavy atom. The Kier molecular flexibility index (Phi) is 5.66. The summed E-state index contributed by atoms with van der Waals surface area (Å²) in [5, 5.41) is 9.36. The number of fused-ring (bicyclic) bond motifs is 7. The average molecular weight is 571 g/mol. The van der Waals surface area contributed by atoms with E-state index in [2.05, 4.69) is 145 Å². The predicted octanol–water partition coefficient (Wildman–Crippen LogP) is 9.74. The summed E-state index contributed by atoms with van der Waals surface area (Å²) in [5.74, 6) is 0.0197. The Bertz CT molecular complexity index is 2280. The van der Waals surface area contributed by atoms with Crippen LogP contribution in [0.5, 0.6) is 0 Å². The number of allylic oxidation sites excluding steroid dienone is 1. The molecule has 6 aromatic rings. The van der Waals surface area contributed by atoms with Crippen molar-refractivity contribution in [3.05, 3.63) is 153 Å². The van der Waals surface area contributed by atoms with Crippen LogP contribution in [0.25, 0.3) is 32.3 Å². The van der Waals surface area contributed by atoms with Gasteiger partial charge in [-0.25, -0.2) is 0 Å². The summed E-state index contributed by atoms with van der Waals surface area (Å²) in [6, 6.07) is 36.0. The van der Waals surface area contributed by atoms with Crippen molar-refractivity contribution in [3.8, 4) is 0 Å². The number of hydrogen-bond acceptors (Lipinski definition) is 2. The minimum Gasteiger partial charge on any atom is -0.270 e. The van der Waals surface area contributed by atoms with E-state index in [1.807, 2.05) is 0 Å². The molecule has 8 rings (SSSR count). The van der Waals surface area contributed by atoms with Crippen molar-refractivity contribution in [1.29, 1.82) is 0 Å². The molecule has 0 amide bonds. The maximum Gasteiger partial charge on any atom is 0.101 e. The van der Waals surface area contributed by atoms with Crippen LogP contribution in [0.2, 0.25) is 0 Å². The molecule has 0 atom stereocenters. The van der Waals surface area contributed by atoms with Gasteiger partial charge in [-0.1, -0.05) is 109 Å². The number of rotatable bonds is 0. The fraction of sp³-hybridized carbons (Fsp3) is 0.238. The second-order valence-electron chi connectivity index (χ2n) is 14.8. The van der Waals surface area contributed by atoms with Crippen molar-refractivity contribution < 1.29 is 0 Å². The highest BCUT2D eigenvalue weighted by molar-refractivity contribution is 6.06. The Balaban J connectivity index is 1.43. The fourth-order valence-electron chi connectivity index (χ4n) is 7.61. The molecule has 216 valence electrons. The van der Waals surface area contributed by atoms with Gasteiger partial charge in [0.15, 0.2) is 0 Å². The molecule has 1 aliphatic heterocycles. The third-order valence-corrected chi connectivity index (χ3v) is 9.71. The van der Waals surface area contributed by atoms with Gasteiger partial charge in [-0.15, -0.1) is 0 Å². The molecular weight excluding hydrogens is 532 g/mol. The average Bonchev–Trinajstić information content (AvgIpc) is 3.05. The molecule has 2 nitrogen and oxygen atoms in total. The van der Waals surface area contributed by atoms with E-state index in [9.17, 15) is 0 Å². The zero-order valence-electron chi connectivity index (χ0n) is 26.5. The van der Waals surface area contributed by atoms with Gasteiger partial charge in [-0.3, -0.25) is 9.98 Å². The minimum absolute atomic E-state index is 0.0197. The van der Waals surface area contributed by atoms with Gasteiger partial charge in [0.25, 0.3) is 0 Å². The van der Waals surface area contributed by atoms with Crippen molar-refractivity contribution in [3.63, 3.8) is 0 Å². The first-order valence-electron chi connectivity index (χ1n) is 15.8. The summed E-state index contributed by atoms with van der Waals surface area (Å²) in [7, 11) is 0. The lowest BCUT2D eigenvalue weighted by atomic mass is 9.74. The normalized spacial score (nSPS) is 19.3. The van der Waals surface area contributed by atoms with Crippen LogP contribution in [0, 0.1) is 0 Å². The highest BCUT2D eigenvalue weighted by atomic mass is 14.8. The van der Waals surface area contributed by atoms with E-state index in [0.29, 0.717) is 0 Å². The van der Waals surface area contributed by atoms with E-state index in [-0.39, 0.29) is 22.8 Å². The van der Waals surface area contributed by atoms with Gasteiger partial charge >= 0.3 is 0 Å². The molecule has 2 bridgehead atoms. The first-order valence-corrected chi connectivity index (χ1v) is 15.8. The monoisotopic (exact) mass is 570 g/mol. The van der Waals surface area contributed by atoms with Crippen molar-refractivity contribution in [2.75, 3.05) is 0 Å². The van der Waals surface area contributed by atoms with Crippen LogP contribution in [0.4, 0.5) is 0 Å². The molecule has 1 heterocycles. The van der Waals surface area contributed by atoms with Gasteiger partial charge in [0, 0.05) is 5.70 Å². The number of hydrogen-bond donors (Lipinski definition) is 0. The van der Waals surface area contributed by atoms with Gasteiger partial charge in [0.05, 0.1) is 16.6 Å². The fourth-order valence-corrected chi connectivity index (χ4v) is 7.61. The lowest BCUT2D eigenvalue weighted by Crippen LogP contribution is -2.26. The van der Waals surface area contributed by atoms with Gasteiger partial charge in [0.2, 0.25) is 0 Å². The van der Waals surface area contributed by atoms with Crippen LogP contribution >= 0.6 is 0 Å². The summed E-state index contributed by atoms with van der Waals surface area (Å²) in [5.41, 5.74) is 8.72. The van der Waals surface area contributed by atoms with Crippen LogP contribution in [0.1, 0.15) is 86.9 Å². The summed E-state index contributed by atoms with van der Waals surface area (Å²) >= 11 is 0. The van der Waals surface area contributed by atoms with Crippen molar-refractivity contribution in [1.82, 2.24) is 0 Å². The molecule has 0 spiro atoms. The molecule has 0 saturated carbocycles. The smallest absolute Gasteiger partial charge is 0.101 e. The standard InChI is InChI=1S/C42H38N2/c1-24-39-29-12-8-10-14-31(29)40(32-15-11-9-13-30(32)39)44-38-23-28-19-26-21-34-33(20-25(26)18-27(28)22-37(38)43-24)35(41(2,3)4)16-17-36(34)42(5,6)7/h8-23,39-40H,1H2,2-7H3/b43-37-,44-38-. The van der Waals surface area contributed by atoms with E-state index in [1.54, 1.807) is 0 Å². The van der Waals surface area contributed by atoms with Crippen molar-refractivity contribution >= 4 is 32.3 Å². The Morgan fingerprint density at radius 1 is 0.523 bits per heavy atom. The highest BCUT2D eigenvalue weighted by Crippen LogP contribution is 2.47. The predicted molar refractivity (Wildman–Crippen MR) is 184 cm³/mol. The first-order chi connectivity index (χ1) is 21.0. The molecule has 0 radical (unpaired) electrons. The molecule has 6 aromatic carbocycles. The second-order valence-corrected chi connectivity index (χ2v) is 14.8. The molecule has 0 N–H and O–H groups in total. The van der Waals surface area contributed by atoms with E-state index in [1.165, 1.54) is 65.7 Å². The lowest BCUT2D eigenvalue weighted by molar-refractivity contribution is 0.585. The third-order valence-electron chi connectivity index (χ3n) is 9.71. The Morgan fingerprint density at radius 3 is 1.43 bits per heavy atom. The Hall–Kier alpha value is -4.56. The van der Waals surface area contributed by atoms with Gasteiger partial charge in [-0.2, -0.15) is 0 Å². The first kappa shape index (κ1) is 27.0. The molecule has 0 unspecified atom stereocenters. The van der Waals surface area contributed by atoms with Crippen LogP contribution in [0.15, 0.2) is 119 Å². The number of benzene rings is 6. The van der Waals surface area contributed by atoms with Gasteiger partial charge in [0.1, 0.15) is 6.04 Å². The summed E-state index contributed by atoms with van der Waals surface area (Å²) < 4.78 is 0. The van der Waals surface area contributed by atoms with Gasteiger partial charge < -0.3 is 0 Å². The van der Waals surface area contributed by atoms with Crippen LogP contribution in [-0.2, 0) is 10.8 Å².